The molecule has 0 N–H and O–H groups in total. The molecule has 2 nitrogen and oxygen atoms in total. The van der Waals surface area contributed by atoms with E-state index in [1.54, 1.807) is 0 Å². The summed E-state index contributed by atoms with van der Waals surface area (Å²) in [6, 6.07) is 0. The lowest BCUT2D eigenvalue weighted by Gasteiger charge is -2.05. The molecule has 1 aromatic heterocycles. The Morgan fingerprint density at radius 2 is 1.77 bits per heavy atom. The van der Waals surface area contributed by atoms with Crippen molar-refractivity contribution in [3.05, 3.63) is 17.2 Å². The first-order chi connectivity index (χ1) is 5.74. The SMILES string of the molecule is B.CCc1nc(C)n(CC)c1CC. The van der Waals surface area contributed by atoms with Crippen molar-refractivity contribution in [3.8, 4) is 0 Å². The molecule has 0 aliphatic heterocycles. The van der Waals surface area contributed by atoms with Crippen LogP contribution < -0.4 is 0 Å². The minimum Gasteiger partial charge on any atom is -0.332 e. The van der Waals surface area contributed by atoms with Crippen molar-refractivity contribution in [2.24, 2.45) is 0 Å². The molecule has 0 spiro atoms. The Kier molecular flexibility index (Phi) is 4.82. The van der Waals surface area contributed by atoms with Gasteiger partial charge in [0.05, 0.1) is 14.1 Å². The van der Waals surface area contributed by atoms with Crippen LogP contribution in [0.4, 0.5) is 0 Å². The van der Waals surface area contributed by atoms with Gasteiger partial charge in [0.1, 0.15) is 5.82 Å². The fourth-order valence-corrected chi connectivity index (χ4v) is 1.77. The van der Waals surface area contributed by atoms with E-state index in [4.69, 9.17) is 0 Å². The van der Waals surface area contributed by atoms with Crippen molar-refractivity contribution in [1.82, 2.24) is 9.55 Å². The molecule has 3 heteroatoms. The van der Waals surface area contributed by atoms with E-state index in [2.05, 4.69) is 37.2 Å². The molecule has 0 radical (unpaired) electrons. The van der Waals surface area contributed by atoms with Crippen molar-refractivity contribution in [1.29, 1.82) is 0 Å². The molecule has 0 fully saturated rings. The zero-order valence-electron chi connectivity index (χ0n) is 8.52. The van der Waals surface area contributed by atoms with Crippen molar-refractivity contribution in [3.63, 3.8) is 0 Å². The van der Waals surface area contributed by atoms with E-state index in [-0.39, 0.29) is 8.41 Å². The third kappa shape index (κ3) is 2.14. The van der Waals surface area contributed by atoms with Gasteiger partial charge in [0.25, 0.3) is 0 Å². The largest absolute Gasteiger partial charge is 0.332 e. The Morgan fingerprint density at radius 1 is 1.15 bits per heavy atom. The number of aryl methyl sites for hydroxylation is 2. The van der Waals surface area contributed by atoms with Crippen LogP contribution in [0.15, 0.2) is 0 Å². The first kappa shape index (κ1) is 12.3. The van der Waals surface area contributed by atoms with E-state index < -0.39 is 0 Å². The fourth-order valence-electron chi connectivity index (χ4n) is 1.77. The average Bonchev–Trinajstić information content (AvgIpc) is 2.40. The highest BCUT2D eigenvalue weighted by Crippen LogP contribution is 2.12. The summed E-state index contributed by atoms with van der Waals surface area (Å²) in [5.41, 5.74) is 2.69. The van der Waals surface area contributed by atoms with Gasteiger partial charge >= 0.3 is 0 Å². The summed E-state index contributed by atoms with van der Waals surface area (Å²) in [6.45, 7) is 9.67. The molecular formula is C10H21BN2. The van der Waals surface area contributed by atoms with Gasteiger partial charge in [-0.25, -0.2) is 4.98 Å². The zero-order valence-corrected chi connectivity index (χ0v) is 8.52. The molecule has 1 rings (SSSR count). The highest BCUT2D eigenvalue weighted by Gasteiger charge is 2.09. The molecule has 0 unspecified atom stereocenters. The van der Waals surface area contributed by atoms with Crippen LogP contribution >= 0.6 is 0 Å². The first-order valence-electron chi connectivity index (χ1n) is 4.79. The second kappa shape index (κ2) is 5.10. The maximum atomic E-state index is 4.53. The summed E-state index contributed by atoms with van der Waals surface area (Å²) in [5.74, 6) is 1.16. The summed E-state index contributed by atoms with van der Waals surface area (Å²) >= 11 is 0. The summed E-state index contributed by atoms with van der Waals surface area (Å²) < 4.78 is 2.30. The van der Waals surface area contributed by atoms with E-state index in [9.17, 15) is 0 Å². The van der Waals surface area contributed by atoms with Crippen LogP contribution in [0.3, 0.4) is 0 Å². The van der Waals surface area contributed by atoms with Gasteiger partial charge in [0, 0.05) is 12.2 Å². The molecule has 0 aliphatic carbocycles. The van der Waals surface area contributed by atoms with Gasteiger partial charge in [-0.05, 0) is 26.7 Å². The lowest BCUT2D eigenvalue weighted by atomic mass is 10.2. The van der Waals surface area contributed by atoms with E-state index in [0.29, 0.717) is 0 Å². The zero-order chi connectivity index (χ0) is 9.14. The van der Waals surface area contributed by atoms with Crippen molar-refractivity contribution in [2.75, 3.05) is 0 Å². The molecule has 0 amide bonds. The first-order valence-corrected chi connectivity index (χ1v) is 4.79. The molecule has 74 valence electrons. The van der Waals surface area contributed by atoms with Crippen LogP contribution in [0.5, 0.6) is 0 Å². The molecule has 1 heterocycles. The molecule has 13 heavy (non-hydrogen) atoms. The Balaban J connectivity index is 0.00000144. The van der Waals surface area contributed by atoms with Gasteiger partial charge in [-0.1, -0.05) is 13.8 Å². The topological polar surface area (TPSA) is 17.8 Å². The quantitative estimate of drug-likeness (QED) is 0.638. The molecule has 0 saturated carbocycles. The number of nitrogens with zero attached hydrogens (tertiary/aromatic N) is 2. The monoisotopic (exact) mass is 180 g/mol. The third-order valence-corrected chi connectivity index (χ3v) is 2.33. The number of aromatic nitrogens is 2. The molecule has 0 saturated heterocycles. The van der Waals surface area contributed by atoms with E-state index >= 15 is 0 Å². The second-order valence-corrected chi connectivity index (χ2v) is 3.00. The molecular weight excluding hydrogens is 159 g/mol. The van der Waals surface area contributed by atoms with E-state index in [0.717, 1.165) is 25.2 Å². The van der Waals surface area contributed by atoms with Gasteiger partial charge in [0.15, 0.2) is 0 Å². The molecule has 0 aliphatic rings. The number of hydrogen-bond acceptors (Lipinski definition) is 1. The second-order valence-electron chi connectivity index (χ2n) is 3.00. The van der Waals surface area contributed by atoms with Gasteiger partial charge in [0.2, 0.25) is 0 Å². The molecule has 0 bridgehead atoms. The lowest BCUT2D eigenvalue weighted by molar-refractivity contribution is 0.690. The minimum absolute atomic E-state index is 0. The summed E-state index contributed by atoms with van der Waals surface area (Å²) in [7, 11) is 0. The summed E-state index contributed by atoms with van der Waals surface area (Å²) in [5, 5.41) is 0. The number of imidazole rings is 1. The third-order valence-electron chi connectivity index (χ3n) is 2.33. The lowest BCUT2D eigenvalue weighted by Crippen LogP contribution is -2.02. The fraction of sp³-hybridized carbons (Fsp3) is 0.700. The van der Waals surface area contributed by atoms with E-state index in [1.165, 1.54) is 11.4 Å². The minimum atomic E-state index is 0. The molecule has 0 aromatic carbocycles. The van der Waals surface area contributed by atoms with Gasteiger partial charge in [-0.2, -0.15) is 0 Å². The van der Waals surface area contributed by atoms with Crippen LogP contribution in [0.2, 0.25) is 0 Å². The highest BCUT2D eigenvalue weighted by atomic mass is 15.1. The van der Waals surface area contributed by atoms with Crippen LogP contribution in [-0.4, -0.2) is 18.0 Å². The smallest absolute Gasteiger partial charge is 0.106 e. The maximum Gasteiger partial charge on any atom is 0.106 e. The summed E-state index contributed by atoms with van der Waals surface area (Å²) in [4.78, 5) is 4.53. The van der Waals surface area contributed by atoms with Crippen LogP contribution in [-0.2, 0) is 19.4 Å². The van der Waals surface area contributed by atoms with Crippen LogP contribution in [0, 0.1) is 6.92 Å². The Labute approximate surface area is 82.9 Å². The van der Waals surface area contributed by atoms with Gasteiger partial charge < -0.3 is 4.57 Å². The highest BCUT2D eigenvalue weighted by molar-refractivity contribution is 5.75. The molecule has 1 aromatic rings. The molecule has 0 atom stereocenters. The number of hydrogen-bond donors (Lipinski definition) is 0. The van der Waals surface area contributed by atoms with Crippen molar-refractivity contribution in [2.45, 2.75) is 47.1 Å². The van der Waals surface area contributed by atoms with Gasteiger partial charge in [-0.15, -0.1) is 0 Å². The van der Waals surface area contributed by atoms with E-state index in [1.807, 2.05) is 0 Å². The standard InChI is InChI=1S/C10H18N2.BH3/c1-5-9-10(6-2)12(7-3)8(4)11-9;/h5-7H2,1-4H3;1H3. The normalized spacial score (nSPS) is 9.85. The predicted octanol–water partition coefficient (Wildman–Crippen LogP) is 1.15. The average molecular weight is 180 g/mol. The Morgan fingerprint density at radius 3 is 2.15 bits per heavy atom. The van der Waals surface area contributed by atoms with Crippen LogP contribution in [0.25, 0.3) is 0 Å². The predicted molar refractivity (Wildman–Crippen MR) is 61.3 cm³/mol. The van der Waals surface area contributed by atoms with Gasteiger partial charge in [-0.3, -0.25) is 0 Å². The van der Waals surface area contributed by atoms with Crippen molar-refractivity contribution >= 4 is 8.41 Å². The van der Waals surface area contributed by atoms with Crippen molar-refractivity contribution < 1.29 is 0 Å². The van der Waals surface area contributed by atoms with Crippen LogP contribution in [0.1, 0.15) is 38.0 Å². The maximum absolute atomic E-state index is 4.53. The summed E-state index contributed by atoms with van der Waals surface area (Å²) in [6.07, 6.45) is 2.15. The Bertz CT molecular complexity index is 266. The number of rotatable bonds is 3. The Hall–Kier alpha value is -0.725.